The van der Waals surface area contributed by atoms with Gasteiger partial charge in [0.05, 0.1) is 6.61 Å². The van der Waals surface area contributed by atoms with E-state index in [0.29, 0.717) is 11.9 Å². The van der Waals surface area contributed by atoms with Crippen LogP contribution in [0.5, 0.6) is 0 Å². The summed E-state index contributed by atoms with van der Waals surface area (Å²) >= 11 is 5.28. The van der Waals surface area contributed by atoms with E-state index in [2.05, 4.69) is 19.2 Å². The van der Waals surface area contributed by atoms with Crippen LogP contribution >= 0.6 is 29.4 Å². The molecule has 12 heavy (non-hydrogen) atoms. The van der Waals surface area contributed by atoms with E-state index in [9.17, 15) is 4.57 Å². The van der Waals surface area contributed by atoms with E-state index in [1.165, 1.54) is 11.4 Å². The number of thiol groups is 1. The first kappa shape index (κ1) is 16.9. The van der Waals surface area contributed by atoms with Gasteiger partial charge >= 0.3 is 57.2 Å². The zero-order valence-corrected chi connectivity index (χ0v) is 9.72. The molecule has 70 valence electrons. The molecule has 0 radical (unpaired) electrons. The summed E-state index contributed by atoms with van der Waals surface area (Å²) in [6.07, 6.45) is 0.988. The normalized spacial score (nSPS) is 17.7. The van der Waals surface area contributed by atoms with Gasteiger partial charge in [-0.25, -0.2) is 0 Å². The van der Waals surface area contributed by atoms with Gasteiger partial charge in [-0.3, -0.25) is 4.57 Å². The van der Waals surface area contributed by atoms with Gasteiger partial charge in [-0.15, -0.1) is 0 Å². The van der Waals surface area contributed by atoms with E-state index in [1.807, 2.05) is 13.8 Å². The van der Waals surface area contributed by atoms with Gasteiger partial charge in [0.25, 0.3) is 0 Å². The molecule has 0 fully saturated rings. The topological polar surface area (TPSA) is 26.3 Å². The minimum absolute atomic E-state index is 0. The summed E-state index contributed by atoms with van der Waals surface area (Å²) in [7, 11) is 0. The average molecular weight is 254 g/mol. The molecule has 0 aliphatic carbocycles. The number of hydrogen-bond acceptors (Lipinski definition) is 3. The van der Waals surface area contributed by atoms with Crippen LogP contribution in [-0.2, 0) is 9.09 Å². The Bertz CT molecular complexity index is 156. The summed E-state index contributed by atoms with van der Waals surface area (Å²) < 4.78 is 16.4. The molecule has 0 bridgehead atoms. The quantitative estimate of drug-likeness (QED) is 0.464. The van der Waals surface area contributed by atoms with Gasteiger partial charge in [-0.05, 0) is 13.3 Å². The molecule has 0 heterocycles. The minimum atomic E-state index is -2.65. The van der Waals surface area contributed by atoms with Crippen LogP contribution in [0.25, 0.3) is 0 Å². The Balaban J connectivity index is 0. The summed E-state index contributed by atoms with van der Waals surface area (Å²) in [6.45, 7) is 6.36. The Labute approximate surface area is 127 Å². The van der Waals surface area contributed by atoms with E-state index in [1.54, 1.807) is 0 Å². The van der Waals surface area contributed by atoms with Crippen molar-refractivity contribution in [2.45, 2.75) is 32.4 Å². The first-order valence-corrected chi connectivity index (χ1v) is 7.93. The van der Waals surface area contributed by atoms with Crippen LogP contribution < -0.4 is 0 Å². The van der Waals surface area contributed by atoms with E-state index < -0.39 is 5.77 Å². The molecule has 0 aliphatic rings. The van der Waals surface area contributed by atoms with Gasteiger partial charge in [0, 0.05) is 5.25 Å². The van der Waals surface area contributed by atoms with E-state index in [-0.39, 0.29) is 51.4 Å². The first-order valence-electron chi connectivity index (χ1n) is 3.67. The van der Waals surface area contributed by atoms with Gasteiger partial charge < -0.3 is 4.52 Å². The monoisotopic (exact) mass is 254 g/mol. The van der Waals surface area contributed by atoms with Crippen LogP contribution in [0.3, 0.4) is 0 Å². The fourth-order valence-electron chi connectivity index (χ4n) is 0.496. The maximum absolute atomic E-state index is 11.4. The third-order valence-corrected chi connectivity index (χ3v) is 6.11. The van der Waals surface area contributed by atoms with Crippen molar-refractivity contribution in [1.29, 1.82) is 0 Å². The zero-order valence-electron chi connectivity index (χ0n) is 7.11. The van der Waals surface area contributed by atoms with Gasteiger partial charge in [0.1, 0.15) is 0 Å². The molecule has 0 spiro atoms. The van der Waals surface area contributed by atoms with Crippen LogP contribution in [0.15, 0.2) is 0 Å². The van der Waals surface area contributed by atoms with Crippen molar-refractivity contribution in [1.82, 2.24) is 0 Å². The maximum atomic E-state index is 11.4. The third-order valence-electron chi connectivity index (χ3n) is 1.18. The molecule has 0 amide bonds. The molecule has 0 rings (SSSR count). The molecule has 2 atom stereocenters. The molecule has 2 unspecified atom stereocenters. The Hall–Kier alpha value is 2.53. The molecular formula is C6H16KO2PS2. The fourth-order valence-corrected chi connectivity index (χ4v) is 5.59. The second kappa shape index (κ2) is 8.80. The average Bonchev–Trinajstić information content (AvgIpc) is 1.86. The first-order chi connectivity index (χ1) is 5.02. The summed E-state index contributed by atoms with van der Waals surface area (Å²) in [6, 6.07) is 0. The van der Waals surface area contributed by atoms with Gasteiger partial charge in [0.2, 0.25) is 0 Å². The van der Waals surface area contributed by atoms with E-state index in [4.69, 9.17) is 4.52 Å². The Morgan fingerprint density at radius 1 is 1.58 bits per heavy atom. The summed E-state index contributed by atoms with van der Waals surface area (Å²) in [4.78, 5) is 0. The SMILES string of the molecule is CCOP(=O)(S)SC(C)CC.[KH]. The molecule has 0 aromatic heterocycles. The second-order valence-corrected chi connectivity index (χ2v) is 8.89. The second-order valence-electron chi connectivity index (χ2n) is 2.21. The predicted octanol–water partition coefficient (Wildman–Crippen LogP) is 2.94. The molecule has 2 nitrogen and oxygen atoms in total. The Kier molecular flexibility index (Phi) is 12.4. The molecule has 0 N–H and O–H groups in total. The van der Waals surface area contributed by atoms with Crippen molar-refractivity contribution in [3.05, 3.63) is 0 Å². The zero-order chi connectivity index (χ0) is 8.91. The van der Waals surface area contributed by atoms with Crippen LogP contribution in [-0.4, -0.2) is 63.2 Å². The van der Waals surface area contributed by atoms with Crippen LogP contribution in [0.2, 0.25) is 0 Å². The van der Waals surface area contributed by atoms with Crippen molar-refractivity contribution in [2.24, 2.45) is 0 Å². The number of hydrogen-bond donors (Lipinski definition) is 1. The molecule has 0 saturated carbocycles. The molecule has 0 saturated heterocycles. The van der Waals surface area contributed by atoms with Crippen molar-refractivity contribution in [2.75, 3.05) is 6.61 Å². The molecule has 0 aromatic rings. The fraction of sp³-hybridized carbons (Fsp3) is 1.00. The molecule has 0 aliphatic heterocycles. The van der Waals surface area contributed by atoms with Crippen molar-refractivity contribution >= 4 is 80.8 Å². The number of rotatable bonds is 5. The van der Waals surface area contributed by atoms with E-state index in [0.717, 1.165) is 6.42 Å². The standard InChI is InChI=1S/C6H15O2PS2.K.H/c1-4-6(3)11-9(7,10)8-5-2;;/h6H,4-5H2,1-3H3,(H,7,10);;. The van der Waals surface area contributed by atoms with Crippen molar-refractivity contribution < 1.29 is 9.09 Å². The Morgan fingerprint density at radius 2 is 2.08 bits per heavy atom. The van der Waals surface area contributed by atoms with Crippen molar-refractivity contribution in [3.63, 3.8) is 0 Å². The third kappa shape index (κ3) is 9.10. The van der Waals surface area contributed by atoms with Crippen molar-refractivity contribution in [3.8, 4) is 0 Å². The van der Waals surface area contributed by atoms with Crippen LogP contribution in [0.1, 0.15) is 27.2 Å². The van der Waals surface area contributed by atoms with Crippen LogP contribution in [0.4, 0.5) is 0 Å². The Morgan fingerprint density at radius 3 is 2.42 bits per heavy atom. The summed E-state index contributed by atoms with van der Waals surface area (Å²) in [5.41, 5.74) is 0. The van der Waals surface area contributed by atoms with Gasteiger partial charge in [-0.1, -0.05) is 37.5 Å². The van der Waals surface area contributed by atoms with Crippen LogP contribution in [0, 0.1) is 0 Å². The van der Waals surface area contributed by atoms with E-state index >= 15 is 0 Å². The molecule has 6 heteroatoms. The predicted molar refractivity (Wildman–Crippen MR) is 62.7 cm³/mol. The summed E-state index contributed by atoms with van der Waals surface area (Å²) in [5.74, 6) is -2.65. The van der Waals surface area contributed by atoms with Gasteiger partial charge in [-0.2, -0.15) is 0 Å². The molecular weight excluding hydrogens is 238 g/mol. The van der Waals surface area contributed by atoms with Gasteiger partial charge in [0.15, 0.2) is 0 Å². The summed E-state index contributed by atoms with van der Waals surface area (Å²) in [5, 5.41) is 0.352. The molecule has 0 aromatic carbocycles.